The van der Waals surface area contributed by atoms with E-state index in [1.807, 2.05) is 13.8 Å². The van der Waals surface area contributed by atoms with E-state index in [0.29, 0.717) is 26.4 Å². The van der Waals surface area contributed by atoms with E-state index in [1.165, 1.54) is 0 Å². The number of nitrogens with two attached hydrogens (primary N) is 1. The summed E-state index contributed by atoms with van der Waals surface area (Å²) in [5.74, 6) is -0.0726. The number of nitrogens with one attached hydrogen (secondary N) is 1. The molecule has 0 aromatic rings. The molecule has 1 heterocycles. The highest BCUT2D eigenvalue weighted by atomic mass is 16.5. The topological polar surface area (TPSA) is 73.6 Å². The van der Waals surface area contributed by atoms with E-state index in [9.17, 15) is 4.79 Å². The maximum absolute atomic E-state index is 12.0. The largest absolute Gasteiger partial charge is 0.379 e. The molecular formula is C12H22N2O3. The first-order valence-corrected chi connectivity index (χ1v) is 5.85. The molecule has 1 saturated heterocycles. The number of rotatable bonds is 6. The Morgan fingerprint density at radius 1 is 1.82 bits per heavy atom. The minimum atomic E-state index is -0.627. The molecule has 0 saturated carbocycles. The fourth-order valence-electron chi connectivity index (χ4n) is 1.65. The van der Waals surface area contributed by atoms with Crippen LogP contribution in [-0.4, -0.2) is 44.4 Å². The number of carbonyl (C=O) groups is 1. The third-order valence-electron chi connectivity index (χ3n) is 3.09. The predicted octanol–water partition coefficient (Wildman–Crippen LogP) is 0.0575. The Bertz CT molecular complexity index is 283. The van der Waals surface area contributed by atoms with Crippen LogP contribution in [0.2, 0.25) is 0 Å². The third kappa shape index (κ3) is 3.52. The minimum Gasteiger partial charge on any atom is -0.379 e. The Labute approximate surface area is 102 Å². The second-order valence-electron chi connectivity index (χ2n) is 4.68. The molecule has 0 radical (unpaired) electrons. The van der Waals surface area contributed by atoms with Crippen LogP contribution in [0.1, 0.15) is 13.8 Å². The molecule has 1 aliphatic heterocycles. The van der Waals surface area contributed by atoms with Gasteiger partial charge in [0.05, 0.1) is 31.3 Å². The molecule has 17 heavy (non-hydrogen) atoms. The zero-order valence-corrected chi connectivity index (χ0v) is 10.6. The van der Waals surface area contributed by atoms with Crippen LogP contribution < -0.4 is 11.1 Å². The maximum Gasteiger partial charge on any atom is 0.230 e. The number of hydrogen-bond donors (Lipinski definition) is 2. The average molecular weight is 242 g/mol. The monoisotopic (exact) mass is 242 g/mol. The fraction of sp³-hybridized carbons (Fsp3) is 0.750. The molecular weight excluding hydrogens is 220 g/mol. The van der Waals surface area contributed by atoms with Crippen molar-refractivity contribution in [1.82, 2.24) is 5.32 Å². The normalized spacial score (nSPS) is 29.9. The van der Waals surface area contributed by atoms with Crippen LogP contribution in [-0.2, 0) is 14.3 Å². The van der Waals surface area contributed by atoms with E-state index in [1.54, 1.807) is 6.08 Å². The van der Waals surface area contributed by atoms with Crippen LogP contribution in [0.4, 0.5) is 0 Å². The Morgan fingerprint density at radius 3 is 3.06 bits per heavy atom. The van der Waals surface area contributed by atoms with Gasteiger partial charge in [0, 0.05) is 12.6 Å². The standard InChI is InChI=1S/C12H22N2O3/c1-4-5-17-9(2)6-14-11(15)12(3)8-16-7-10(12)13/h4,9-10H,1,5-8,13H2,2-3H3,(H,14,15). The highest BCUT2D eigenvalue weighted by Gasteiger charge is 2.44. The first-order valence-electron chi connectivity index (χ1n) is 5.85. The van der Waals surface area contributed by atoms with Crippen molar-refractivity contribution in [3.63, 3.8) is 0 Å². The SMILES string of the molecule is C=CCOC(C)CNC(=O)C1(C)COCC1N. The molecule has 3 N–H and O–H groups in total. The van der Waals surface area contributed by atoms with Gasteiger partial charge in [-0.05, 0) is 13.8 Å². The van der Waals surface area contributed by atoms with E-state index in [0.717, 1.165) is 0 Å². The number of hydrogen-bond acceptors (Lipinski definition) is 4. The molecule has 0 bridgehead atoms. The van der Waals surface area contributed by atoms with Crippen molar-refractivity contribution in [2.24, 2.45) is 11.1 Å². The molecule has 1 aliphatic rings. The predicted molar refractivity (Wildman–Crippen MR) is 65.5 cm³/mol. The van der Waals surface area contributed by atoms with Gasteiger partial charge in [-0.25, -0.2) is 0 Å². The van der Waals surface area contributed by atoms with Crippen molar-refractivity contribution in [3.8, 4) is 0 Å². The lowest BCUT2D eigenvalue weighted by atomic mass is 9.85. The van der Waals surface area contributed by atoms with Crippen LogP contribution in [0, 0.1) is 5.41 Å². The van der Waals surface area contributed by atoms with Gasteiger partial charge < -0.3 is 20.5 Å². The van der Waals surface area contributed by atoms with Gasteiger partial charge in [0.25, 0.3) is 0 Å². The van der Waals surface area contributed by atoms with E-state index in [2.05, 4.69) is 11.9 Å². The summed E-state index contributed by atoms with van der Waals surface area (Å²) in [6.07, 6.45) is 1.64. The molecule has 3 atom stereocenters. The van der Waals surface area contributed by atoms with Crippen molar-refractivity contribution >= 4 is 5.91 Å². The second-order valence-corrected chi connectivity index (χ2v) is 4.68. The summed E-state index contributed by atoms with van der Waals surface area (Å²) in [6, 6.07) is -0.244. The molecule has 0 aromatic carbocycles. The molecule has 1 rings (SSSR count). The summed E-state index contributed by atoms with van der Waals surface area (Å²) >= 11 is 0. The molecule has 3 unspecified atom stereocenters. The molecule has 0 spiro atoms. The average Bonchev–Trinajstić information content (AvgIpc) is 2.65. The highest BCUT2D eigenvalue weighted by Crippen LogP contribution is 2.26. The van der Waals surface area contributed by atoms with Gasteiger partial charge in [-0.1, -0.05) is 6.08 Å². The quantitative estimate of drug-likeness (QED) is 0.646. The molecule has 98 valence electrons. The van der Waals surface area contributed by atoms with Gasteiger partial charge in [0.1, 0.15) is 0 Å². The van der Waals surface area contributed by atoms with Crippen molar-refractivity contribution in [1.29, 1.82) is 0 Å². The van der Waals surface area contributed by atoms with Gasteiger partial charge in [0.15, 0.2) is 0 Å². The Kier molecular flexibility index (Phi) is 5.11. The molecule has 0 aliphatic carbocycles. The van der Waals surface area contributed by atoms with E-state index in [-0.39, 0.29) is 18.1 Å². The zero-order chi connectivity index (χ0) is 12.9. The lowest BCUT2D eigenvalue weighted by molar-refractivity contribution is -0.131. The highest BCUT2D eigenvalue weighted by molar-refractivity contribution is 5.83. The van der Waals surface area contributed by atoms with E-state index in [4.69, 9.17) is 15.2 Å². The Morgan fingerprint density at radius 2 is 2.53 bits per heavy atom. The lowest BCUT2D eigenvalue weighted by Crippen LogP contribution is -2.51. The van der Waals surface area contributed by atoms with E-state index >= 15 is 0 Å². The number of carbonyl (C=O) groups excluding carboxylic acids is 1. The molecule has 1 amide bonds. The number of ether oxygens (including phenoxy) is 2. The van der Waals surface area contributed by atoms with Gasteiger partial charge in [0.2, 0.25) is 5.91 Å². The summed E-state index contributed by atoms with van der Waals surface area (Å²) in [5.41, 5.74) is 5.24. The summed E-state index contributed by atoms with van der Waals surface area (Å²) in [4.78, 5) is 12.0. The van der Waals surface area contributed by atoms with Crippen molar-refractivity contribution < 1.29 is 14.3 Å². The van der Waals surface area contributed by atoms with Crippen LogP contribution in [0.5, 0.6) is 0 Å². The minimum absolute atomic E-state index is 0.0425. The number of amides is 1. The third-order valence-corrected chi connectivity index (χ3v) is 3.09. The van der Waals surface area contributed by atoms with Crippen LogP contribution in [0.25, 0.3) is 0 Å². The zero-order valence-electron chi connectivity index (χ0n) is 10.6. The first-order chi connectivity index (χ1) is 8.00. The lowest BCUT2D eigenvalue weighted by Gasteiger charge is -2.26. The first kappa shape index (κ1) is 14.2. The molecule has 1 fully saturated rings. The summed E-state index contributed by atoms with van der Waals surface area (Å²) in [6.45, 7) is 9.06. The van der Waals surface area contributed by atoms with Crippen LogP contribution >= 0.6 is 0 Å². The summed E-state index contributed by atoms with van der Waals surface area (Å²) < 4.78 is 10.6. The van der Waals surface area contributed by atoms with Gasteiger partial charge >= 0.3 is 0 Å². The smallest absolute Gasteiger partial charge is 0.230 e. The van der Waals surface area contributed by atoms with Crippen LogP contribution in [0.15, 0.2) is 12.7 Å². The second kappa shape index (κ2) is 6.14. The summed E-state index contributed by atoms with van der Waals surface area (Å²) in [7, 11) is 0. The maximum atomic E-state index is 12.0. The van der Waals surface area contributed by atoms with Gasteiger partial charge in [-0.3, -0.25) is 4.79 Å². The molecule has 5 heteroatoms. The summed E-state index contributed by atoms with van der Waals surface area (Å²) in [5, 5.41) is 2.85. The van der Waals surface area contributed by atoms with Crippen LogP contribution in [0.3, 0.4) is 0 Å². The fourth-order valence-corrected chi connectivity index (χ4v) is 1.65. The van der Waals surface area contributed by atoms with Gasteiger partial charge in [-0.2, -0.15) is 0 Å². The van der Waals surface area contributed by atoms with Crippen molar-refractivity contribution in [3.05, 3.63) is 12.7 Å². The van der Waals surface area contributed by atoms with Gasteiger partial charge in [-0.15, -0.1) is 6.58 Å². The van der Waals surface area contributed by atoms with Crippen molar-refractivity contribution in [2.45, 2.75) is 26.0 Å². The molecule has 0 aromatic heterocycles. The van der Waals surface area contributed by atoms with E-state index < -0.39 is 5.41 Å². The Balaban J connectivity index is 2.36. The Hall–Kier alpha value is -0.910. The molecule has 5 nitrogen and oxygen atoms in total. The van der Waals surface area contributed by atoms with Crippen molar-refractivity contribution in [2.75, 3.05) is 26.4 Å².